The van der Waals surface area contributed by atoms with Gasteiger partial charge in [-0.2, -0.15) is 0 Å². The molecule has 0 radical (unpaired) electrons. The summed E-state index contributed by atoms with van der Waals surface area (Å²) in [7, 11) is 0. The highest BCUT2D eigenvalue weighted by Crippen LogP contribution is 2.32. The van der Waals surface area contributed by atoms with Crippen LogP contribution in [0.5, 0.6) is 0 Å². The number of hydrogen-bond donors (Lipinski definition) is 1. The Kier molecular flexibility index (Phi) is 7.63. The van der Waals surface area contributed by atoms with Gasteiger partial charge in [-0.15, -0.1) is 0 Å². The van der Waals surface area contributed by atoms with Crippen LogP contribution in [0.1, 0.15) is 44.6 Å². The Morgan fingerprint density at radius 2 is 1.77 bits per heavy atom. The number of benzene rings is 1. The average Bonchev–Trinajstić information content (AvgIpc) is 2.65. The van der Waals surface area contributed by atoms with Crippen molar-refractivity contribution in [2.75, 3.05) is 13.2 Å². The molecular weight excluding hydrogens is 334 g/mol. The summed E-state index contributed by atoms with van der Waals surface area (Å²) in [5, 5.41) is 9.47. The zero-order valence-corrected chi connectivity index (χ0v) is 15.2. The van der Waals surface area contributed by atoms with E-state index in [2.05, 4.69) is 0 Å². The SMILES string of the molecule is CCOC(=O)CCN(Cc1ccccc1)C(=O)C1CCCCC1C(=O)O. The molecule has 0 spiro atoms. The van der Waals surface area contributed by atoms with Gasteiger partial charge >= 0.3 is 11.9 Å². The molecule has 26 heavy (non-hydrogen) atoms. The van der Waals surface area contributed by atoms with Crippen LogP contribution in [0.3, 0.4) is 0 Å². The third-order valence-electron chi connectivity index (χ3n) is 4.82. The predicted octanol–water partition coefficient (Wildman–Crippen LogP) is 2.86. The van der Waals surface area contributed by atoms with E-state index in [0.717, 1.165) is 18.4 Å². The largest absolute Gasteiger partial charge is 0.481 e. The van der Waals surface area contributed by atoms with Crippen LogP contribution in [-0.4, -0.2) is 41.0 Å². The molecule has 6 heteroatoms. The summed E-state index contributed by atoms with van der Waals surface area (Å²) in [4.78, 5) is 38.0. The Balaban J connectivity index is 2.13. The van der Waals surface area contributed by atoms with Crippen molar-refractivity contribution in [1.29, 1.82) is 0 Å². The maximum absolute atomic E-state index is 13.1. The van der Waals surface area contributed by atoms with Crippen molar-refractivity contribution < 1.29 is 24.2 Å². The third-order valence-corrected chi connectivity index (χ3v) is 4.82. The minimum atomic E-state index is -0.909. The monoisotopic (exact) mass is 361 g/mol. The minimum absolute atomic E-state index is 0.108. The van der Waals surface area contributed by atoms with Crippen LogP contribution in [0.25, 0.3) is 0 Å². The summed E-state index contributed by atoms with van der Waals surface area (Å²) in [5.41, 5.74) is 0.951. The normalized spacial score (nSPS) is 19.6. The Morgan fingerprint density at radius 3 is 2.38 bits per heavy atom. The lowest BCUT2D eigenvalue weighted by Gasteiger charge is -2.33. The van der Waals surface area contributed by atoms with Crippen LogP contribution in [0, 0.1) is 11.8 Å². The standard InChI is InChI=1S/C20H27NO5/c1-2-26-18(22)12-13-21(14-15-8-4-3-5-9-15)19(23)16-10-6-7-11-17(16)20(24)25/h3-5,8-9,16-17H,2,6-7,10-14H2,1H3,(H,24,25). The zero-order valence-electron chi connectivity index (χ0n) is 15.2. The van der Waals surface area contributed by atoms with Gasteiger partial charge in [-0.3, -0.25) is 14.4 Å². The Bertz CT molecular complexity index is 616. The van der Waals surface area contributed by atoms with Gasteiger partial charge in [0.2, 0.25) is 5.91 Å². The first-order valence-electron chi connectivity index (χ1n) is 9.24. The summed E-state index contributed by atoms with van der Waals surface area (Å²) >= 11 is 0. The highest BCUT2D eigenvalue weighted by Gasteiger charge is 2.37. The Morgan fingerprint density at radius 1 is 1.12 bits per heavy atom. The summed E-state index contributed by atoms with van der Waals surface area (Å²) in [6, 6.07) is 9.52. The van der Waals surface area contributed by atoms with E-state index in [1.807, 2.05) is 30.3 Å². The fraction of sp³-hybridized carbons (Fsp3) is 0.550. The van der Waals surface area contributed by atoms with Gasteiger partial charge in [-0.05, 0) is 25.3 Å². The van der Waals surface area contributed by atoms with Crippen LogP contribution in [0.4, 0.5) is 0 Å². The van der Waals surface area contributed by atoms with Gasteiger partial charge in [0.15, 0.2) is 0 Å². The molecule has 6 nitrogen and oxygen atoms in total. The number of carbonyl (C=O) groups excluding carboxylic acids is 2. The molecule has 1 aromatic rings. The molecule has 142 valence electrons. The lowest BCUT2D eigenvalue weighted by atomic mass is 9.78. The fourth-order valence-corrected chi connectivity index (χ4v) is 3.49. The van der Waals surface area contributed by atoms with Crippen molar-refractivity contribution in [3.8, 4) is 0 Å². The second kappa shape index (κ2) is 9.94. The minimum Gasteiger partial charge on any atom is -0.481 e. The molecule has 0 aliphatic heterocycles. The first kappa shape index (κ1) is 19.9. The number of aliphatic carboxylic acids is 1. The molecule has 1 amide bonds. The number of ether oxygens (including phenoxy) is 1. The molecular formula is C20H27NO5. The highest BCUT2D eigenvalue weighted by molar-refractivity contribution is 5.85. The van der Waals surface area contributed by atoms with E-state index in [9.17, 15) is 19.5 Å². The van der Waals surface area contributed by atoms with Crippen LogP contribution in [0.2, 0.25) is 0 Å². The van der Waals surface area contributed by atoms with Gasteiger partial charge in [0, 0.05) is 13.1 Å². The number of amides is 1. The number of carboxylic acid groups (broad SMARTS) is 1. The van der Waals surface area contributed by atoms with Crippen molar-refractivity contribution >= 4 is 17.8 Å². The Labute approximate surface area is 154 Å². The smallest absolute Gasteiger partial charge is 0.307 e. The number of hydrogen-bond acceptors (Lipinski definition) is 4. The van der Waals surface area contributed by atoms with E-state index in [1.165, 1.54) is 0 Å². The quantitative estimate of drug-likeness (QED) is 0.720. The summed E-state index contributed by atoms with van der Waals surface area (Å²) in [6.07, 6.45) is 2.92. The van der Waals surface area contributed by atoms with E-state index in [1.54, 1.807) is 11.8 Å². The average molecular weight is 361 g/mol. The summed E-state index contributed by atoms with van der Waals surface area (Å²) in [6.45, 7) is 2.64. The molecule has 0 bridgehead atoms. The van der Waals surface area contributed by atoms with Crippen molar-refractivity contribution in [1.82, 2.24) is 4.90 Å². The molecule has 1 aromatic carbocycles. The maximum Gasteiger partial charge on any atom is 0.307 e. The lowest BCUT2D eigenvalue weighted by Crippen LogP contribution is -2.43. The van der Waals surface area contributed by atoms with E-state index in [4.69, 9.17) is 4.74 Å². The number of rotatable bonds is 8. The molecule has 2 unspecified atom stereocenters. The van der Waals surface area contributed by atoms with Gasteiger partial charge in [0.1, 0.15) is 0 Å². The molecule has 1 aliphatic rings. The first-order chi connectivity index (χ1) is 12.5. The van der Waals surface area contributed by atoms with E-state index >= 15 is 0 Å². The molecule has 1 aliphatic carbocycles. The van der Waals surface area contributed by atoms with Gasteiger partial charge in [0.05, 0.1) is 24.9 Å². The fourth-order valence-electron chi connectivity index (χ4n) is 3.49. The number of carbonyl (C=O) groups is 3. The Hall–Kier alpha value is -2.37. The van der Waals surface area contributed by atoms with Crippen LogP contribution >= 0.6 is 0 Å². The topological polar surface area (TPSA) is 83.9 Å². The summed E-state index contributed by atoms with van der Waals surface area (Å²) < 4.78 is 4.96. The van der Waals surface area contributed by atoms with Crippen molar-refractivity contribution in [2.45, 2.75) is 45.6 Å². The van der Waals surface area contributed by atoms with Crippen molar-refractivity contribution in [2.24, 2.45) is 11.8 Å². The predicted molar refractivity (Wildman–Crippen MR) is 96.2 cm³/mol. The van der Waals surface area contributed by atoms with Gasteiger partial charge < -0.3 is 14.7 Å². The van der Waals surface area contributed by atoms with Crippen LogP contribution < -0.4 is 0 Å². The molecule has 1 fully saturated rings. The first-order valence-corrected chi connectivity index (χ1v) is 9.24. The third kappa shape index (κ3) is 5.58. The van der Waals surface area contributed by atoms with Gasteiger partial charge in [0.25, 0.3) is 0 Å². The molecule has 0 saturated heterocycles. The lowest BCUT2D eigenvalue weighted by molar-refractivity contribution is -0.153. The maximum atomic E-state index is 13.1. The van der Waals surface area contributed by atoms with E-state index in [0.29, 0.717) is 26.0 Å². The van der Waals surface area contributed by atoms with Gasteiger partial charge in [-0.1, -0.05) is 43.2 Å². The molecule has 1 saturated carbocycles. The number of nitrogens with zero attached hydrogens (tertiary/aromatic N) is 1. The molecule has 0 aromatic heterocycles. The van der Waals surface area contributed by atoms with E-state index < -0.39 is 17.8 Å². The highest BCUT2D eigenvalue weighted by atomic mass is 16.5. The van der Waals surface area contributed by atoms with E-state index in [-0.39, 0.29) is 24.8 Å². The van der Waals surface area contributed by atoms with Crippen molar-refractivity contribution in [3.63, 3.8) is 0 Å². The molecule has 2 rings (SSSR count). The number of carboxylic acids is 1. The van der Waals surface area contributed by atoms with Gasteiger partial charge in [-0.25, -0.2) is 0 Å². The van der Waals surface area contributed by atoms with Crippen LogP contribution in [-0.2, 0) is 25.7 Å². The second-order valence-electron chi connectivity index (χ2n) is 6.64. The zero-order chi connectivity index (χ0) is 18.9. The summed E-state index contributed by atoms with van der Waals surface area (Å²) in [5.74, 6) is -2.60. The number of esters is 1. The molecule has 2 atom stereocenters. The molecule has 0 heterocycles. The van der Waals surface area contributed by atoms with Crippen LogP contribution in [0.15, 0.2) is 30.3 Å². The molecule has 1 N–H and O–H groups in total. The van der Waals surface area contributed by atoms with Crippen molar-refractivity contribution in [3.05, 3.63) is 35.9 Å². The second-order valence-corrected chi connectivity index (χ2v) is 6.64.